The topological polar surface area (TPSA) is 92.7 Å². The number of hydrogen-bond donors (Lipinski definition) is 2. The fourth-order valence-corrected chi connectivity index (χ4v) is 3.47. The normalized spacial score (nSPS) is 11.1. The number of halogens is 2. The number of carboxylic acids is 1. The molecule has 0 aromatic heterocycles. The van der Waals surface area contributed by atoms with Crippen molar-refractivity contribution in [2.45, 2.75) is 4.90 Å². The van der Waals surface area contributed by atoms with E-state index in [1.54, 1.807) is 0 Å². The molecule has 0 aliphatic carbocycles. The lowest BCUT2D eigenvalue weighted by molar-refractivity contribution is 0.0696. The quantitative estimate of drug-likeness (QED) is 0.799. The van der Waals surface area contributed by atoms with E-state index in [0.29, 0.717) is 0 Å². The number of nitrogens with one attached hydrogen (secondary N) is 1. The molecule has 122 valence electrons. The molecular weight excluding hydrogens is 393 g/mol. The number of sulfonamides is 1. The Morgan fingerprint density at radius 1 is 1.26 bits per heavy atom. The highest BCUT2D eigenvalue weighted by Gasteiger charge is 2.19. The molecule has 6 nitrogen and oxygen atoms in total. The molecule has 2 aromatic carbocycles. The van der Waals surface area contributed by atoms with Crippen molar-refractivity contribution in [1.29, 1.82) is 0 Å². The smallest absolute Gasteiger partial charge is 0.335 e. The second-order valence-electron chi connectivity index (χ2n) is 4.40. The maximum atomic E-state index is 13.5. The maximum Gasteiger partial charge on any atom is 0.335 e. The van der Waals surface area contributed by atoms with Gasteiger partial charge in [-0.1, -0.05) is 0 Å². The Kier molecular flexibility index (Phi) is 4.90. The van der Waals surface area contributed by atoms with E-state index < -0.39 is 21.8 Å². The van der Waals surface area contributed by atoms with Crippen LogP contribution in [0, 0.1) is 5.82 Å². The molecule has 0 saturated heterocycles. The second kappa shape index (κ2) is 6.55. The van der Waals surface area contributed by atoms with E-state index >= 15 is 0 Å². The summed E-state index contributed by atoms with van der Waals surface area (Å²) in [6.45, 7) is 0. The molecule has 0 spiro atoms. The zero-order valence-electron chi connectivity index (χ0n) is 11.7. The molecule has 2 N–H and O–H groups in total. The third-order valence-electron chi connectivity index (χ3n) is 2.87. The Bertz CT molecular complexity index is 852. The first-order valence-electron chi connectivity index (χ1n) is 6.14. The standard InChI is InChI=1S/C14H11BrFNO5S/c1-22-13-11(15)6-9(16)7-12(13)17-23(20,21)10-4-2-8(3-5-10)14(18)19/h2-7,17H,1H3,(H,18,19). The predicted molar refractivity (Wildman–Crippen MR) is 84.9 cm³/mol. The lowest BCUT2D eigenvalue weighted by Crippen LogP contribution is -2.14. The second-order valence-corrected chi connectivity index (χ2v) is 6.94. The molecular formula is C14H11BrFNO5S. The van der Waals surface area contributed by atoms with Crippen molar-refractivity contribution in [3.8, 4) is 5.75 Å². The number of rotatable bonds is 5. The van der Waals surface area contributed by atoms with Crippen LogP contribution in [0.25, 0.3) is 0 Å². The predicted octanol–water partition coefficient (Wildman–Crippen LogP) is 3.10. The molecule has 0 amide bonds. The van der Waals surface area contributed by atoms with Crippen molar-refractivity contribution < 1.29 is 27.4 Å². The van der Waals surface area contributed by atoms with Crippen LogP contribution < -0.4 is 9.46 Å². The molecule has 2 rings (SSSR count). The number of anilines is 1. The van der Waals surface area contributed by atoms with Crippen LogP contribution in [0.3, 0.4) is 0 Å². The van der Waals surface area contributed by atoms with Gasteiger partial charge in [-0.05, 0) is 46.3 Å². The first kappa shape index (κ1) is 17.2. The van der Waals surface area contributed by atoms with Crippen molar-refractivity contribution in [2.24, 2.45) is 0 Å². The van der Waals surface area contributed by atoms with Gasteiger partial charge in [-0.2, -0.15) is 0 Å². The van der Waals surface area contributed by atoms with E-state index in [2.05, 4.69) is 20.7 Å². The Hall–Kier alpha value is -2.13. The number of benzene rings is 2. The van der Waals surface area contributed by atoms with Crippen molar-refractivity contribution in [3.63, 3.8) is 0 Å². The highest BCUT2D eigenvalue weighted by molar-refractivity contribution is 9.10. The number of hydrogen-bond acceptors (Lipinski definition) is 4. The van der Waals surface area contributed by atoms with Crippen molar-refractivity contribution in [3.05, 3.63) is 52.3 Å². The van der Waals surface area contributed by atoms with Gasteiger partial charge in [0, 0.05) is 6.07 Å². The lowest BCUT2D eigenvalue weighted by Gasteiger charge is -2.13. The van der Waals surface area contributed by atoms with E-state index in [-0.39, 0.29) is 26.4 Å². The van der Waals surface area contributed by atoms with Gasteiger partial charge in [-0.25, -0.2) is 17.6 Å². The van der Waals surface area contributed by atoms with Crippen molar-refractivity contribution >= 4 is 37.6 Å². The SMILES string of the molecule is COc1c(Br)cc(F)cc1NS(=O)(=O)c1ccc(C(=O)O)cc1. The average molecular weight is 404 g/mol. The number of aromatic carboxylic acids is 1. The molecule has 0 heterocycles. The van der Waals surface area contributed by atoms with Gasteiger partial charge in [0.2, 0.25) is 0 Å². The highest BCUT2D eigenvalue weighted by Crippen LogP contribution is 2.35. The molecule has 0 bridgehead atoms. The van der Waals surface area contributed by atoms with Crippen LogP contribution in [0.15, 0.2) is 45.8 Å². The van der Waals surface area contributed by atoms with Crippen LogP contribution in [0.4, 0.5) is 10.1 Å². The summed E-state index contributed by atoms with van der Waals surface area (Å²) < 4.78 is 45.6. The van der Waals surface area contributed by atoms with E-state index in [9.17, 15) is 17.6 Å². The first-order valence-corrected chi connectivity index (χ1v) is 8.41. The molecule has 2 aromatic rings. The Morgan fingerprint density at radius 3 is 2.39 bits per heavy atom. The van der Waals surface area contributed by atoms with Gasteiger partial charge in [0.15, 0.2) is 5.75 Å². The van der Waals surface area contributed by atoms with Crippen molar-refractivity contribution in [2.75, 3.05) is 11.8 Å². The maximum absolute atomic E-state index is 13.5. The lowest BCUT2D eigenvalue weighted by atomic mass is 10.2. The fraction of sp³-hybridized carbons (Fsp3) is 0.0714. The van der Waals surface area contributed by atoms with E-state index in [1.807, 2.05) is 0 Å². The third-order valence-corrected chi connectivity index (χ3v) is 4.84. The van der Waals surface area contributed by atoms with Gasteiger partial charge in [0.05, 0.1) is 27.7 Å². The Labute approximate surface area is 140 Å². The van der Waals surface area contributed by atoms with E-state index in [4.69, 9.17) is 9.84 Å². The molecule has 0 unspecified atom stereocenters. The highest BCUT2D eigenvalue weighted by atomic mass is 79.9. The third kappa shape index (κ3) is 3.80. The summed E-state index contributed by atoms with van der Waals surface area (Å²) >= 11 is 3.08. The number of methoxy groups -OCH3 is 1. The fourth-order valence-electron chi connectivity index (χ4n) is 1.82. The monoisotopic (exact) mass is 403 g/mol. The minimum Gasteiger partial charge on any atom is -0.493 e. The average Bonchev–Trinajstić information content (AvgIpc) is 2.46. The van der Waals surface area contributed by atoms with Gasteiger partial charge in [-0.15, -0.1) is 0 Å². The van der Waals surface area contributed by atoms with Crippen LogP contribution in [-0.2, 0) is 10.0 Å². The van der Waals surface area contributed by atoms with Gasteiger partial charge < -0.3 is 9.84 Å². The molecule has 9 heteroatoms. The Balaban J connectivity index is 2.40. The number of carboxylic acid groups (broad SMARTS) is 1. The number of ether oxygens (including phenoxy) is 1. The molecule has 0 aliphatic rings. The molecule has 0 atom stereocenters. The van der Waals surface area contributed by atoms with Crippen LogP contribution in [-0.4, -0.2) is 26.6 Å². The summed E-state index contributed by atoms with van der Waals surface area (Å²) in [5, 5.41) is 8.81. The van der Waals surface area contributed by atoms with Gasteiger partial charge in [0.1, 0.15) is 5.82 Å². The zero-order chi connectivity index (χ0) is 17.2. The summed E-state index contributed by atoms with van der Waals surface area (Å²) in [6.07, 6.45) is 0. The minimum absolute atomic E-state index is 0.0463. The molecule has 0 aliphatic heterocycles. The first-order chi connectivity index (χ1) is 10.7. The largest absolute Gasteiger partial charge is 0.493 e. The zero-order valence-corrected chi connectivity index (χ0v) is 14.1. The molecule has 0 radical (unpaired) electrons. The molecule has 0 fully saturated rings. The molecule has 23 heavy (non-hydrogen) atoms. The van der Waals surface area contributed by atoms with Crippen LogP contribution >= 0.6 is 15.9 Å². The summed E-state index contributed by atoms with van der Waals surface area (Å²) in [7, 11) is -2.72. The summed E-state index contributed by atoms with van der Waals surface area (Å²) in [6, 6.07) is 6.73. The van der Waals surface area contributed by atoms with Crippen LogP contribution in [0.1, 0.15) is 10.4 Å². The summed E-state index contributed by atoms with van der Waals surface area (Å²) in [4.78, 5) is 10.6. The van der Waals surface area contributed by atoms with Gasteiger partial charge in [0.25, 0.3) is 10.0 Å². The van der Waals surface area contributed by atoms with Crippen molar-refractivity contribution in [1.82, 2.24) is 0 Å². The summed E-state index contributed by atoms with van der Waals surface area (Å²) in [5.41, 5.74) is -0.128. The van der Waals surface area contributed by atoms with Crippen LogP contribution in [0.2, 0.25) is 0 Å². The number of carbonyl (C=O) groups is 1. The van der Waals surface area contributed by atoms with Crippen LogP contribution in [0.5, 0.6) is 5.75 Å². The summed E-state index contributed by atoms with van der Waals surface area (Å²) in [5.74, 6) is -1.70. The van der Waals surface area contributed by atoms with E-state index in [1.165, 1.54) is 7.11 Å². The van der Waals surface area contributed by atoms with E-state index in [0.717, 1.165) is 36.4 Å². The Morgan fingerprint density at radius 2 is 1.87 bits per heavy atom. The molecule has 0 saturated carbocycles. The van der Waals surface area contributed by atoms with Gasteiger partial charge >= 0.3 is 5.97 Å². The minimum atomic E-state index is -4.03. The van der Waals surface area contributed by atoms with Gasteiger partial charge in [-0.3, -0.25) is 4.72 Å².